The predicted molar refractivity (Wildman–Crippen MR) is 164 cm³/mol. The Balaban J connectivity index is 1.52. The van der Waals surface area contributed by atoms with Crippen LogP contribution in [0, 0.1) is 0 Å². The third-order valence-electron chi connectivity index (χ3n) is 8.17. The summed E-state index contributed by atoms with van der Waals surface area (Å²) in [6, 6.07) is 57.1. The summed E-state index contributed by atoms with van der Waals surface area (Å²) in [5.74, 6) is 0. The van der Waals surface area contributed by atoms with Gasteiger partial charge in [0.25, 0.3) is 0 Å². The molecule has 1 heteroatoms. The minimum Gasteiger partial charge on any atom is -0.344 e. The van der Waals surface area contributed by atoms with E-state index >= 15 is 0 Å². The van der Waals surface area contributed by atoms with Gasteiger partial charge < -0.3 is 4.90 Å². The lowest BCUT2D eigenvalue weighted by atomic mass is 9.68. The lowest BCUT2D eigenvalue weighted by molar-refractivity contribution is 0.768. The van der Waals surface area contributed by atoms with Crippen molar-refractivity contribution >= 4 is 11.4 Å². The van der Waals surface area contributed by atoms with Crippen molar-refractivity contribution in [1.29, 1.82) is 0 Å². The van der Waals surface area contributed by atoms with Gasteiger partial charge in [-0.25, -0.2) is 0 Å². The molecule has 1 aliphatic carbocycles. The van der Waals surface area contributed by atoms with Gasteiger partial charge in [0, 0.05) is 29.5 Å². The molecule has 0 atom stereocenters. The number of hydrogen-bond acceptors (Lipinski definition) is 1. The Bertz CT molecular complexity index is 1710. The fourth-order valence-electron chi connectivity index (χ4n) is 6.51. The van der Waals surface area contributed by atoms with Crippen LogP contribution in [0.2, 0.25) is 0 Å². The zero-order valence-corrected chi connectivity index (χ0v) is 22.0. The molecule has 0 radical (unpaired) electrons. The van der Waals surface area contributed by atoms with Crippen LogP contribution in [0.25, 0.3) is 22.3 Å². The van der Waals surface area contributed by atoms with Crippen LogP contribution in [0.5, 0.6) is 0 Å². The van der Waals surface area contributed by atoms with E-state index in [1.165, 1.54) is 55.9 Å². The second kappa shape index (κ2) is 9.45. The molecule has 6 aromatic rings. The fourth-order valence-corrected chi connectivity index (χ4v) is 6.51. The molecule has 0 aliphatic heterocycles. The van der Waals surface area contributed by atoms with E-state index in [0.29, 0.717) is 0 Å². The number of nitrogens with zero attached hydrogens (tertiary/aromatic N) is 1. The molecule has 1 aliphatic rings. The summed E-state index contributed by atoms with van der Waals surface area (Å²) in [6.45, 7) is 0. The second-order valence-corrected chi connectivity index (χ2v) is 10.2. The molecule has 0 heterocycles. The molecule has 0 unspecified atom stereocenters. The van der Waals surface area contributed by atoms with Crippen molar-refractivity contribution in [2.45, 2.75) is 5.41 Å². The predicted octanol–water partition coefficient (Wildman–Crippen LogP) is 9.48. The van der Waals surface area contributed by atoms with Gasteiger partial charge in [0.15, 0.2) is 0 Å². The van der Waals surface area contributed by atoms with Gasteiger partial charge >= 0.3 is 0 Å². The van der Waals surface area contributed by atoms with Crippen molar-refractivity contribution in [2.75, 3.05) is 11.9 Å². The zero-order valence-electron chi connectivity index (χ0n) is 22.0. The molecule has 0 saturated heterocycles. The van der Waals surface area contributed by atoms with Crippen LogP contribution in [0.1, 0.15) is 22.3 Å². The molecular weight excluding hydrogens is 470 g/mol. The molecule has 7 rings (SSSR count). The molecule has 0 bridgehead atoms. The van der Waals surface area contributed by atoms with Crippen molar-refractivity contribution in [3.05, 3.63) is 180 Å². The third kappa shape index (κ3) is 3.55. The SMILES string of the molecule is CN(c1ccccc1-c1ccccc1)c1cccc2c1-c1ccccc1C2(c1ccccc1)c1ccccc1. The molecule has 0 N–H and O–H groups in total. The minimum absolute atomic E-state index is 0.399. The minimum atomic E-state index is -0.399. The Labute approximate surface area is 230 Å². The molecular formula is C38H29N. The third-order valence-corrected chi connectivity index (χ3v) is 8.17. The van der Waals surface area contributed by atoms with Crippen LogP contribution in [0.15, 0.2) is 158 Å². The fraction of sp³-hybridized carbons (Fsp3) is 0.0526. The summed E-state index contributed by atoms with van der Waals surface area (Å²) in [4.78, 5) is 2.37. The number of para-hydroxylation sites is 1. The monoisotopic (exact) mass is 499 g/mol. The van der Waals surface area contributed by atoms with E-state index in [1.54, 1.807) is 0 Å². The summed E-state index contributed by atoms with van der Waals surface area (Å²) >= 11 is 0. The Morgan fingerprint density at radius 1 is 0.410 bits per heavy atom. The van der Waals surface area contributed by atoms with Crippen molar-refractivity contribution in [3.8, 4) is 22.3 Å². The van der Waals surface area contributed by atoms with Gasteiger partial charge in [-0.2, -0.15) is 0 Å². The van der Waals surface area contributed by atoms with Crippen LogP contribution >= 0.6 is 0 Å². The first-order valence-corrected chi connectivity index (χ1v) is 13.5. The summed E-state index contributed by atoms with van der Waals surface area (Å²) in [6.07, 6.45) is 0. The van der Waals surface area contributed by atoms with Gasteiger partial charge in [-0.05, 0) is 45.5 Å². The highest BCUT2D eigenvalue weighted by atomic mass is 15.1. The van der Waals surface area contributed by atoms with Gasteiger partial charge in [0.05, 0.1) is 5.41 Å². The normalized spacial score (nSPS) is 12.9. The molecule has 0 saturated carbocycles. The molecule has 39 heavy (non-hydrogen) atoms. The van der Waals surface area contributed by atoms with Gasteiger partial charge in [-0.15, -0.1) is 0 Å². The number of rotatable bonds is 5. The van der Waals surface area contributed by atoms with Gasteiger partial charge in [0.1, 0.15) is 0 Å². The molecule has 0 amide bonds. The van der Waals surface area contributed by atoms with Gasteiger partial charge in [0.2, 0.25) is 0 Å². The largest absolute Gasteiger partial charge is 0.344 e. The van der Waals surface area contributed by atoms with Crippen LogP contribution in [-0.2, 0) is 5.41 Å². The van der Waals surface area contributed by atoms with Crippen LogP contribution in [-0.4, -0.2) is 7.05 Å². The lowest BCUT2D eigenvalue weighted by Gasteiger charge is -2.34. The molecule has 6 aromatic carbocycles. The Morgan fingerprint density at radius 3 is 1.56 bits per heavy atom. The molecule has 0 spiro atoms. The number of anilines is 2. The van der Waals surface area contributed by atoms with E-state index in [-0.39, 0.29) is 0 Å². The highest BCUT2D eigenvalue weighted by Gasteiger charge is 2.47. The average Bonchev–Trinajstić information content (AvgIpc) is 3.33. The van der Waals surface area contributed by atoms with E-state index < -0.39 is 5.41 Å². The summed E-state index contributed by atoms with van der Waals surface area (Å²) in [5.41, 5.74) is 12.2. The first kappa shape index (κ1) is 23.3. The molecule has 186 valence electrons. The average molecular weight is 500 g/mol. The smallest absolute Gasteiger partial charge is 0.0714 e. The van der Waals surface area contributed by atoms with Crippen LogP contribution in [0.4, 0.5) is 11.4 Å². The van der Waals surface area contributed by atoms with Crippen molar-refractivity contribution in [3.63, 3.8) is 0 Å². The number of benzene rings is 6. The summed E-state index contributed by atoms with van der Waals surface area (Å²) in [5, 5.41) is 0. The summed E-state index contributed by atoms with van der Waals surface area (Å²) < 4.78 is 0. The Kier molecular flexibility index (Phi) is 5.64. The van der Waals surface area contributed by atoms with E-state index in [2.05, 4.69) is 170 Å². The highest BCUT2D eigenvalue weighted by Crippen LogP contribution is 2.58. The number of fused-ring (bicyclic) bond motifs is 3. The number of hydrogen-bond donors (Lipinski definition) is 0. The lowest BCUT2D eigenvalue weighted by Crippen LogP contribution is -2.28. The second-order valence-electron chi connectivity index (χ2n) is 10.2. The summed E-state index contributed by atoms with van der Waals surface area (Å²) in [7, 11) is 2.20. The first-order valence-electron chi connectivity index (χ1n) is 13.5. The van der Waals surface area contributed by atoms with Gasteiger partial charge in [-0.3, -0.25) is 0 Å². The van der Waals surface area contributed by atoms with E-state index in [9.17, 15) is 0 Å². The topological polar surface area (TPSA) is 3.24 Å². The zero-order chi connectivity index (χ0) is 26.2. The molecule has 0 fully saturated rings. The Morgan fingerprint density at radius 2 is 0.897 bits per heavy atom. The van der Waals surface area contributed by atoms with Crippen molar-refractivity contribution in [2.24, 2.45) is 0 Å². The van der Waals surface area contributed by atoms with Crippen LogP contribution in [0.3, 0.4) is 0 Å². The maximum Gasteiger partial charge on any atom is 0.0714 e. The van der Waals surface area contributed by atoms with Gasteiger partial charge in [-0.1, -0.05) is 146 Å². The van der Waals surface area contributed by atoms with E-state index in [0.717, 1.165) is 0 Å². The molecule has 1 nitrogen and oxygen atoms in total. The molecule has 0 aromatic heterocycles. The van der Waals surface area contributed by atoms with E-state index in [4.69, 9.17) is 0 Å². The maximum absolute atomic E-state index is 2.37. The van der Waals surface area contributed by atoms with E-state index in [1.807, 2.05) is 0 Å². The van der Waals surface area contributed by atoms with Crippen LogP contribution < -0.4 is 4.90 Å². The highest BCUT2D eigenvalue weighted by molar-refractivity contribution is 5.96. The maximum atomic E-state index is 2.37. The quantitative estimate of drug-likeness (QED) is 0.228. The van der Waals surface area contributed by atoms with Crippen molar-refractivity contribution < 1.29 is 0 Å². The standard InChI is InChI=1S/C38H29N/c1-39(35-26-14-12-22-31(35)28-16-5-2-6-17-28)36-27-15-25-34-37(36)32-23-11-13-24-33(32)38(34,29-18-7-3-8-19-29)30-20-9-4-10-21-30/h2-27H,1H3. The van der Waals surface area contributed by atoms with Crippen molar-refractivity contribution in [1.82, 2.24) is 0 Å². The first-order chi connectivity index (χ1) is 19.3. The Hall–Kier alpha value is -4.88.